The number of hydrogen-bond acceptors (Lipinski definition) is 6. The molecule has 2 heterocycles. The summed E-state index contributed by atoms with van der Waals surface area (Å²) >= 11 is 5.74. The van der Waals surface area contributed by atoms with Gasteiger partial charge in [0.2, 0.25) is 6.79 Å². The Kier molecular flexibility index (Phi) is 5.58. The van der Waals surface area contributed by atoms with Crippen LogP contribution in [0, 0.1) is 0 Å². The zero-order valence-electron chi connectivity index (χ0n) is 14.0. The predicted octanol–water partition coefficient (Wildman–Crippen LogP) is 2.97. The first kappa shape index (κ1) is 18.0. The van der Waals surface area contributed by atoms with Gasteiger partial charge in [-0.2, -0.15) is 0 Å². The fourth-order valence-corrected chi connectivity index (χ4v) is 2.44. The Morgan fingerprint density at radius 2 is 2.08 bits per heavy atom. The molecule has 7 nitrogen and oxygen atoms in total. The van der Waals surface area contributed by atoms with Gasteiger partial charge in [-0.15, -0.1) is 0 Å². The first-order chi connectivity index (χ1) is 12.5. The molecule has 26 heavy (non-hydrogen) atoms. The molecule has 0 saturated carbocycles. The van der Waals surface area contributed by atoms with Gasteiger partial charge >= 0.3 is 5.97 Å². The van der Waals surface area contributed by atoms with Gasteiger partial charge < -0.3 is 19.5 Å². The summed E-state index contributed by atoms with van der Waals surface area (Å²) in [5.41, 5.74) is 0.925. The van der Waals surface area contributed by atoms with E-state index in [1.54, 1.807) is 18.2 Å². The molecule has 0 saturated heterocycles. The summed E-state index contributed by atoms with van der Waals surface area (Å²) in [6.07, 6.45) is 1.11. The summed E-state index contributed by atoms with van der Waals surface area (Å²) in [4.78, 5) is 28.0. The van der Waals surface area contributed by atoms with Crippen molar-refractivity contribution in [2.24, 2.45) is 0 Å². The highest BCUT2D eigenvalue weighted by atomic mass is 35.5. The van der Waals surface area contributed by atoms with E-state index in [-0.39, 0.29) is 13.2 Å². The van der Waals surface area contributed by atoms with Crippen molar-refractivity contribution in [3.8, 4) is 11.5 Å². The molecule has 8 heteroatoms. The second kappa shape index (κ2) is 8.05. The van der Waals surface area contributed by atoms with Gasteiger partial charge in [0.05, 0.1) is 5.02 Å². The number of pyridine rings is 1. The van der Waals surface area contributed by atoms with Crippen LogP contribution in [-0.4, -0.2) is 29.8 Å². The minimum atomic E-state index is -0.934. The summed E-state index contributed by atoms with van der Waals surface area (Å²) in [6.45, 7) is 1.71. The van der Waals surface area contributed by atoms with E-state index in [1.165, 1.54) is 13.1 Å². The Balaban J connectivity index is 1.46. The third kappa shape index (κ3) is 4.64. The number of nitrogens with one attached hydrogen (secondary N) is 1. The third-order valence-electron chi connectivity index (χ3n) is 3.71. The standard InChI is InChI=1S/C18H17ClN2O5/c1-11(18(23)21-16-6-4-13(19)9-20-16)26-17(22)7-3-12-2-5-14-15(8-12)25-10-24-14/h2,4-6,8-9,11H,3,7,10H2,1H3,(H,20,21,23). The second-order valence-electron chi connectivity index (χ2n) is 5.67. The minimum Gasteiger partial charge on any atom is -0.454 e. The predicted molar refractivity (Wildman–Crippen MR) is 94.3 cm³/mol. The van der Waals surface area contributed by atoms with Crippen LogP contribution in [0.2, 0.25) is 5.02 Å². The van der Waals surface area contributed by atoms with E-state index >= 15 is 0 Å². The zero-order valence-corrected chi connectivity index (χ0v) is 14.8. The van der Waals surface area contributed by atoms with E-state index < -0.39 is 18.0 Å². The summed E-state index contributed by atoms with van der Waals surface area (Å²) in [5.74, 6) is 0.768. The largest absolute Gasteiger partial charge is 0.454 e. The van der Waals surface area contributed by atoms with E-state index in [0.29, 0.717) is 28.8 Å². The minimum absolute atomic E-state index is 0.149. The summed E-state index contributed by atoms with van der Waals surface area (Å²) in [5, 5.41) is 3.02. The molecule has 136 valence electrons. The van der Waals surface area contributed by atoms with Gasteiger partial charge in [-0.05, 0) is 43.2 Å². The number of nitrogens with zero attached hydrogens (tertiary/aromatic N) is 1. The lowest BCUT2D eigenvalue weighted by Crippen LogP contribution is -2.30. The van der Waals surface area contributed by atoms with Crippen LogP contribution in [0.25, 0.3) is 0 Å². The lowest BCUT2D eigenvalue weighted by molar-refractivity contribution is -0.153. The number of esters is 1. The number of amides is 1. The van der Waals surface area contributed by atoms with Crippen LogP contribution in [0.5, 0.6) is 11.5 Å². The molecule has 3 rings (SSSR count). The molecule has 0 aliphatic carbocycles. The first-order valence-corrected chi connectivity index (χ1v) is 8.39. The van der Waals surface area contributed by atoms with Gasteiger partial charge in [0, 0.05) is 12.6 Å². The number of fused-ring (bicyclic) bond motifs is 1. The van der Waals surface area contributed by atoms with Gasteiger partial charge in [0.15, 0.2) is 17.6 Å². The second-order valence-corrected chi connectivity index (χ2v) is 6.11. The number of hydrogen-bond donors (Lipinski definition) is 1. The fraction of sp³-hybridized carbons (Fsp3) is 0.278. The van der Waals surface area contributed by atoms with E-state index in [0.717, 1.165) is 5.56 Å². The molecule has 1 amide bonds. The number of carbonyl (C=O) groups excluding carboxylic acids is 2. The molecule has 1 unspecified atom stereocenters. The molecule has 0 radical (unpaired) electrons. The quantitative estimate of drug-likeness (QED) is 0.780. The van der Waals surface area contributed by atoms with E-state index in [4.69, 9.17) is 25.8 Å². The Hall–Kier alpha value is -2.80. The number of aromatic nitrogens is 1. The molecule has 1 atom stereocenters. The van der Waals surface area contributed by atoms with Crippen molar-refractivity contribution in [3.05, 3.63) is 47.1 Å². The van der Waals surface area contributed by atoms with Crippen molar-refractivity contribution in [1.29, 1.82) is 0 Å². The summed E-state index contributed by atoms with van der Waals surface area (Å²) in [7, 11) is 0. The number of ether oxygens (including phenoxy) is 3. The first-order valence-electron chi connectivity index (χ1n) is 8.01. The number of rotatable bonds is 6. The molecule has 1 aliphatic rings. The monoisotopic (exact) mass is 376 g/mol. The average molecular weight is 377 g/mol. The fourth-order valence-electron chi connectivity index (χ4n) is 2.33. The van der Waals surface area contributed by atoms with Crippen LogP contribution in [0.3, 0.4) is 0 Å². The maximum atomic E-state index is 12.0. The van der Waals surface area contributed by atoms with E-state index in [9.17, 15) is 9.59 Å². The molecule has 0 spiro atoms. The molecule has 1 N–H and O–H groups in total. The van der Waals surface area contributed by atoms with Gasteiger partial charge in [0.25, 0.3) is 5.91 Å². The van der Waals surface area contributed by atoms with Crippen LogP contribution in [0.15, 0.2) is 36.5 Å². The van der Waals surface area contributed by atoms with Crippen LogP contribution >= 0.6 is 11.6 Å². The highest BCUT2D eigenvalue weighted by molar-refractivity contribution is 6.30. The molecular formula is C18H17ClN2O5. The number of anilines is 1. The van der Waals surface area contributed by atoms with Gasteiger partial charge in [-0.25, -0.2) is 4.98 Å². The summed E-state index contributed by atoms with van der Waals surface area (Å²) in [6, 6.07) is 8.67. The highest BCUT2D eigenvalue weighted by Gasteiger charge is 2.19. The van der Waals surface area contributed by atoms with E-state index in [1.807, 2.05) is 12.1 Å². The van der Waals surface area contributed by atoms with Gasteiger partial charge in [-0.3, -0.25) is 9.59 Å². The Morgan fingerprint density at radius 1 is 1.27 bits per heavy atom. The third-order valence-corrected chi connectivity index (χ3v) is 3.93. The van der Waals surface area contributed by atoms with Crippen LogP contribution in [-0.2, 0) is 20.7 Å². The van der Waals surface area contributed by atoms with Crippen molar-refractivity contribution in [2.75, 3.05) is 12.1 Å². The molecule has 1 aromatic heterocycles. The molecule has 1 aromatic carbocycles. The maximum Gasteiger partial charge on any atom is 0.306 e. The number of benzene rings is 1. The maximum absolute atomic E-state index is 12.0. The van der Waals surface area contributed by atoms with Crippen molar-refractivity contribution in [1.82, 2.24) is 4.98 Å². The average Bonchev–Trinajstić information content (AvgIpc) is 3.09. The lowest BCUT2D eigenvalue weighted by atomic mass is 10.1. The number of aryl methyl sites for hydroxylation is 1. The highest BCUT2D eigenvalue weighted by Crippen LogP contribution is 2.32. The van der Waals surface area contributed by atoms with Crippen molar-refractivity contribution in [2.45, 2.75) is 25.9 Å². The van der Waals surface area contributed by atoms with Crippen LogP contribution < -0.4 is 14.8 Å². The number of halogens is 1. The molecule has 1 aliphatic heterocycles. The smallest absolute Gasteiger partial charge is 0.306 e. The molecule has 2 aromatic rings. The lowest BCUT2D eigenvalue weighted by Gasteiger charge is -2.13. The van der Waals surface area contributed by atoms with Gasteiger partial charge in [0.1, 0.15) is 5.82 Å². The molecule has 0 bridgehead atoms. The zero-order chi connectivity index (χ0) is 18.5. The van der Waals surface area contributed by atoms with Gasteiger partial charge in [-0.1, -0.05) is 17.7 Å². The normalized spacial score (nSPS) is 13.2. The van der Waals surface area contributed by atoms with Crippen molar-refractivity contribution in [3.63, 3.8) is 0 Å². The SMILES string of the molecule is CC(OC(=O)CCc1ccc2c(c1)OCO2)C(=O)Nc1ccc(Cl)cn1. The Labute approximate surface area is 155 Å². The Bertz CT molecular complexity index is 810. The van der Waals surface area contributed by atoms with E-state index in [2.05, 4.69) is 10.3 Å². The van der Waals surface area contributed by atoms with Crippen molar-refractivity contribution >= 4 is 29.3 Å². The molecule has 0 fully saturated rings. The number of carbonyl (C=O) groups is 2. The van der Waals surface area contributed by atoms with Crippen LogP contribution in [0.4, 0.5) is 5.82 Å². The topological polar surface area (TPSA) is 86.8 Å². The summed E-state index contributed by atoms with van der Waals surface area (Å²) < 4.78 is 15.7. The van der Waals surface area contributed by atoms with Crippen molar-refractivity contribution < 1.29 is 23.8 Å². The van der Waals surface area contributed by atoms with Crippen LogP contribution in [0.1, 0.15) is 18.9 Å². The Morgan fingerprint density at radius 3 is 2.85 bits per heavy atom. The molecular weight excluding hydrogens is 360 g/mol.